The molecule has 1 aliphatic carbocycles. The van der Waals surface area contributed by atoms with Gasteiger partial charge >= 0.3 is 0 Å². The fourth-order valence-electron chi connectivity index (χ4n) is 5.35. The van der Waals surface area contributed by atoms with Crippen LogP contribution in [0.3, 0.4) is 0 Å². The number of rotatable bonds is 9. The summed E-state index contributed by atoms with van der Waals surface area (Å²) in [5.74, 6) is 0.997. The van der Waals surface area contributed by atoms with E-state index in [0.29, 0.717) is 0 Å². The highest BCUT2D eigenvalue weighted by Gasteiger charge is 2.31. The molecule has 2 aromatic rings. The lowest BCUT2D eigenvalue weighted by Crippen LogP contribution is -2.31. The summed E-state index contributed by atoms with van der Waals surface area (Å²) in [4.78, 5) is 19.6. The number of aryl methyl sites for hydroxylation is 3. The summed E-state index contributed by atoms with van der Waals surface area (Å²) < 4.78 is 0. The van der Waals surface area contributed by atoms with Gasteiger partial charge in [0.15, 0.2) is 5.78 Å². The number of unbranched alkanes of at least 4 members (excludes halogenated alkanes) is 2. The molecule has 160 valence electrons. The van der Waals surface area contributed by atoms with E-state index in [1.807, 2.05) is 18.2 Å². The van der Waals surface area contributed by atoms with Crippen LogP contribution in [0.4, 0.5) is 0 Å². The molecule has 0 radical (unpaired) electrons. The van der Waals surface area contributed by atoms with Gasteiger partial charge in [0.1, 0.15) is 0 Å². The molecule has 1 unspecified atom stereocenters. The Kier molecular flexibility index (Phi) is 7.33. The number of pyridine rings is 1. The summed E-state index contributed by atoms with van der Waals surface area (Å²) in [7, 11) is 0. The van der Waals surface area contributed by atoms with Gasteiger partial charge in [0, 0.05) is 17.9 Å². The molecule has 0 bridgehead atoms. The number of ketones is 1. The van der Waals surface area contributed by atoms with Crippen LogP contribution in [0, 0.1) is 5.92 Å². The Labute approximate surface area is 181 Å². The maximum Gasteiger partial charge on any atom is 0.151 e. The number of likely N-dealkylation sites (tertiary alicyclic amines) is 1. The van der Waals surface area contributed by atoms with Crippen molar-refractivity contribution in [2.24, 2.45) is 5.92 Å². The molecule has 0 saturated carbocycles. The van der Waals surface area contributed by atoms with E-state index in [1.165, 1.54) is 74.7 Å². The van der Waals surface area contributed by atoms with Crippen LogP contribution in [0.15, 0.2) is 42.5 Å². The van der Waals surface area contributed by atoms with Gasteiger partial charge in [0.2, 0.25) is 0 Å². The Morgan fingerprint density at radius 2 is 1.90 bits per heavy atom. The van der Waals surface area contributed by atoms with Crippen molar-refractivity contribution in [2.75, 3.05) is 13.1 Å². The van der Waals surface area contributed by atoms with Crippen LogP contribution < -0.4 is 0 Å². The molecule has 0 spiro atoms. The summed E-state index contributed by atoms with van der Waals surface area (Å²) in [6.07, 6.45) is 12.5. The Morgan fingerprint density at radius 3 is 2.73 bits per heavy atom. The highest BCUT2D eigenvalue weighted by Crippen LogP contribution is 2.31. The van der Waals surface area contributed by atoms with E-state index in [2.05, 4.69) is 29.2 Å². The monoisotopic (exact) mass is 404 g/mol. The van der Waals surface area contributed by atoms with Crippen molar-refractivity contribution >= 4 is 5.78 Å². The lowest BCUT2D eigenvalue weighted by Gasteiger charge is -2.26. The predicted molar refractivity (Wildman–Crippen MR) is 123 cm³/mol. The zero-order chi connectivity index (χ0) is 20.8. The van der Waals surface area contributed by atoms with Crippen molar-refractivity contribution < 1.29 is 4.79 Å². The largest absolute Gasteiger partial charge is 0.298 e. The Balaban J connectivity index is 1.19. The molecule has 1 aliphatic heterocycles. The van der Waals surface area contributed by atoms with Gasteiger partial charge in [-0.2, -0.15) is 0 Å². The van der Waals surface area contributed by atoms with Gasteiger partial charge in [-0.1, -0.05) is 49.2 Å². The van der Waals surface area contributed by atoms with Crippen molar-refractivity contribution in [3.05, 3.63) is 65.0 Å². The third kappa shape index (κ3) is 5.37. The SMILES string of the molecule is CC(=O)C(c1ccccc1)N1CC[C@@H](CCCCCc2ccc3c(n2)CCCC3)C1. The number of aromatic nitrogens is 1. The zero-order valence-corrected chi connectivity index (χ0v) is 18.5. The minimum atomic E-state index is -0.0636. The topological polar surface area (TPSA) is 33.2 Å². The van der Waals surface area contributed by atoms with Gasteiger partial charge in [-0.3, -0.25) is 14.7 Å². The number of hydrogen-bond donors (Lipinski definition) is 0. The Bertz CT molecular complexity index is 832. The zero-order valence-electron chi connectivity index (χ0n) is 18.5. The first kappa shape index (κ1) is 21.2. The third-order valence-corrected chi connectivity index (χ3v) is 6.96. The Morgan fingerprint density at radius 1 is 1.07 bits per heavy atom. The summed E-state index contributed by atoms with van der Waals surface area (Å²) in [5.41, 5.74) is 5.27. The summed E-state index contributed by atoms with van der Waals surface area (Å²) >= 11 is 0. The fraction of sp³-hybridized carbons (Fsp3) is 0.556. The quantitative estimate of drug-likeness (QED) is 0.502. The smallest absolute Gasteiger partial charge is 0.151 e. The molecule has 1 fully saturated rings. The molecule has 30 heavy (non-hydrogen) atoms. The lowest BCUT2D eigenvalue weighted by atomic mass is 9.95. The van der Waals surface area contributed by atoms with Gasteiger partial charge in [-0.15, -0.1) is 0 Å². The van der Waals surface area contributed by atoms with Crippen LogP contribution in [0.5, 0.6) is 0 Å². The number of carbonyl (C=O) groups is 1. The van der Waals surface area contributed by atoms with Gasteiger partial charge in [0.25, 0.3) is 0 Å². The van der Waals surface area contributed by atoms with Crippen LogP contribution in [0.1, 0.15) is 80.4 Å². The molecule has 4 rings (SSSR count). The highest BCUT2D eigenvalue weighted by molar-refractivity contribution is 5.82. The fourth-order valence-corrected chi connectivity index (χ4v) is 5.35. The summed E-state index contributed by atoms with van der Waals surface area (Å²) in [6.45, 7) is 3.84. The van der Waals surface area contributed by atoms with Crippen LogP contribution in [-0.4, -0.2) is 28.8 Å². The van der Waals surface area contributed by atoms with Crippen LogP contribution in [0.2, 0.25) is 0 Å². The van der Waals surface area contributed by atoms with Crippen molar-refractivity contribution in [3.8, 4) is 0 Å². The number of Topliss-reactive ketones (excluding diaryl/α,β-unsaturated/α-hetero) is 1. The summed E-state index contributed by atoms with van der Waals surface area (Å²) in [5, 5.41) is 0. The number of benzene rings is 1. The van der Waals surface area contributed by atoms with Gasteiger partial charge in [-0.05, 0) is 87.9 Å². The highest BCUT2D eigenvalue weighted by atomic mass is 16.1. The maximum atomic E-state index is 12.3. The maximum absolute atomic E-state index is 12.3. The molecule has 3 nitrogen and oxygen atoms in total. The van der Waals surface area contributed by atoms with E-state index in [9.17, 15) is 4.79 Å². The number of carbonyl (C=O) groups excluding carboxylic acids is 1. The number of nitrogens with zero attached hydrogens (tertiary/aromatic N) is 2. The number of fused-ring (bicyclic) bond motifs is 1. The Hall–Kier alpha value is -2.00. The number of hydrogen-bond acceptors (Lipinski definition) is 3. The molecular formula is C27H36N2O. The van der Waals surface area contributed by atoms with Crippen LogP contribution in [-0.2, 0) is 24.1 Å². The second-order valence-electron chi connectivity index (χ2n) is 9.29. The average molecular weight is 405 g/mol. The molecule has 3 heteroatoms. The predicted octanol–water partition coefficient (Wildman–Crippen LogP) is 5.72. The normalized spacial score (nSPS) is 20.1. The molecule has 2 aliphatic rings. The van der Waals surface area contributed by atoms with E-state index < -0.39 is 0 Å². The van der Waals surface area contributed by atoms with E-state index in [0.717, 1.165) is 31.0 Å². The minimum absolute atomic E-state index is 0.0636. The van der Waals surface area contributed by atoms with E-state index in [-0.39, 0.29) is 11.8 Å². The van der Waals surface area contributed by atoms with Crippen LogP contribution in [0.25, 0.3) is 0 Å². The molecule has 1 saturated heterocycles. The minimum Gasteiger partial charge on any atom is -0.298 e. The van der Waals surface area contributed by atoms with Crippen molar-refractivity contribution in [1.82, 2.24) is 9.88 Å². The lowest BCUT2D eigenvalue weighted by molar-refractivity contribution is -0.122. The molecule has 2 heterocycles. The van der Waals surface area contributed by atoms with Gasteiger partial charge in [0.05, 0.1) is 6.04 Å². The third-order valence-electron chi connectivity index (χ3n) is 6.96. The molecule has 2 atom stereocenters. The standard InChI is InChI=1S/C27H36N2O/c1-21(30)27(24-12-5-3-6-13-24)29-19-18-22(20-29)10-4-2-7-14-25-17-16-23-11-8-9-15-26(23)28-25/h3,5-6,12-13,16-17,22,27H,2,4,7-11,14-15,18-20H2,1H3/t22-,27?/m1/s1. The first-order chi connectivity index (χ1) is 14.7. The van der Waals surface area contributed by atoms with Gasteiger partial charge < -0.3 is 0 Å². The summed E-state index contributed by atoms with van der Waals surface area (Å²) in [6, 6.07) is 14.8. The molecule has 1 aromatic heterocycles. The van der Waals surface area contributed by atoms with E-state index in [1.54, 1.807) is 6.92 Å². The first-order valence-electron chi connectivity index (χ1n) is 12.0. The first-order valence-corrected chi connectivity index (χ1v) is 12.0. The molecule has 1 aromatic carbocycles. The van der Waals surface area contributed by atoms with Crippen LogP contribution >= 0.6 is 0 Å². The average Bonchev–Trinajstić information content (AvgIpc) is 3.22. The van der Waals surface area contributed by atoms with Crippen molar-refractivity contribution in [2.45, 2.75) is 77.2 Å². The van der Waals surface area contributed by atoms with Crippen molar-refractivity contribution in [1.29, 1.82) is 0 Å². The molecule has 0 N–H and O–H groups in total. The van der Waals surface area contributed by atoms with E-state index in [4.69, 9.17) is 4.98 Å². The second-order valence-corrected chi connectivity index (χ2v) is 9.29. The van der Waals surface area contributed by atoms with Crippen molar-refractivity contribution in [3.63, 3.8) is 0 Å². The molecular weight excluding hydrogens is 368 g/mol. The molecule has 0 amide bonds. The van der Waals surface area contributed by atoms with E-state index >= 15 is 0 Å². The van der Waals surface area contributed by atoms with Gasteiger partial charge in [-0.25, -0.2) is 0 Å². The second kappa shape index (κ2) is 10.3.